The molecule has 3 N–H and O–H groups in total. The highest BCUT2D eigenvalue weighted by molar-refractivity contribution is 9.10. The normalized spacial score (nSPS) is 13.1. The van der Waals surface area contributed by atoms with Gasteiger partial charge in [0.15, 0.2) is 17.3 Å². The van der Waals surface area contributed by atoms with Crippen molar-refractivity contribution in [1.82, 2.24) is 15.8 Å². The van der Waals surface area contributed by atoms with E-state index in [0.717, 1.165) is 16.5 Å². The molecule has 4 aromatic rings. The standard InChI is InChI=1S/C26H23BrCl2FN3O2/c1-15-9-10-16(20(29)11-15)12-17(13-28)32-26(33-34)24-18-5-2-3-7-21(18)31-14-23(24)35-22-8-4-6-19(27)25(22)30/h2-11,14,17,26,32-34H,12-13H2,1H3/t17-,26?/m1/s1. The highest BCUT2D eigenvalue weighted by Gasteiger charge is 2.24. The van der Waals surface area contributed by atoms with Crippen molar-refractivity contribution >= 4 is 50.0 Å². The minimum absolute atomic E-state index is 0.0229. The third kappa shape index (κ3) is 5.94. The SMILES string of the molecule is Cc1ccc(C[C@H](CCl)NC(NO)c2c(Oc3cccc(Br)c3F)cnc3ccccc23)c(Cl)c1. The fraction of sp³-hybridized carbons (Fsp3) is 0.192. The molecular formula is C26H23BrCl2FN3O2. The van der Waals surface area contributed by atoms with Gasteiger partial charge in [0.1, 0.15) is 6.17 Å². The van der Waals surface area contributed by atoms with E-state index in [0.29, 0.717) is 22.5 Å². The van der Waals surface area contributed by atoms with Crippen molar-refractivity contribution in [3.8, 4) is 11.5 Å². The molecule has 0 saturated carbocycles. The summed E-state index contributed by atoms with van der Waals surface area (Å²) in [5.41, 5.74) is 5.57. The number of rotatable bonds is 9. The maximum Gasteiger partial charge on any atom is 0.179 e. The average Bonchev–Trinajstić information content (AvgIpc) is 2.86. The number of ether oxygens (including phenoxy) is 1. The van der Waals surface area contributed by atoms with E-state index in [1.807, 2.05) is 49.4 Å². The monoisotopic (exact) mass is 577 g/mol. The number of benzene rings is 3. The second-order valence-corrected chi connectivity index (χ2v) is 9.66. The Morgan fingerprint density at radius 3 is 2.66 bits per heavy atom. The van der Waals surface area contributed by atoms with Gasteiger partial charge in [0.2, 0.25) is 0 Å². The molecule has 4 rings (SSSR count). The van der Waals surface area contributed by atoms with E-state index >= 15 is 0 Å². The first-order valence-electron chi connectivity index (χ1n) is 10.9. The fourth-order valence-corrected chi connectivity index (χ4v) is 4.73. The van der Waals surface area contributed by atoms with Gasteiger partial charge in [-0.25, -0.2) is 4.39 Å². The van der Waals surface area contributed by atoms with Crippen LogP contribution in [-0.4, -0.2) is 22.1 Å². The van der Waals surface area contributed by atoms with Crippen molar-refractivity contribution in [1.29, 1.82) is 0 Å². The summed E-state index contributed by atoms with van der Waals surface area (Å²) < 4.78 is 20.9. The second-order valence-electron chi connectivity index (χ2n) is 8.09. The predicted molar refractivity (Wildman–Crippen MR) is 141 cm³/mol. The van der Waals surface area contributed by atoms with Gasteiger partial charge in [-0.1, -0.05) is 48.0 Å². The number of nitrogens with one attached hydrogen (secondary N) is 2. The number of para-hydroxylation sites is 1. The predicted octanol–water partition coefficient (Wildman–Crippen LogP) is 7.31. The molecular weight excluding hydrogens is 556 g/mol. The fourth-order valence-electron chi connectivity index (χ4n) is 3.87. The zero-order valence-electron chi connectivity index (χ0n) is 18.7. The number of hydrogen-bond acceptors (Lipinski definition) is 5. The molecule has 0 fully saturated rings. The third-order valence-electron chi connectivity index (χ3n) is 5.60. The van der Waals surface area contributed by atoms with Crippen molar-refractivity contribution in [2.24, 2.45) is 0 Å². The van der Waals surface area contributed by atoms with Gasteiger partial charge in [-0.3, -0.25) is 10.3 Å². The van der Waals surface area contributed by atoms with E-state index in [2.05, 4.69) is 31.7 Å². The van der Waals surface area contributed by atoms with E-state index in [4.69, 9.17) is 27.9 Å². The van der Waals surface area contributed by atoms with Gasteiger partial charge in [0.25, 0.3) is 0 Å². The minimum Gasteiger partial charge on any atom is -0.452 e. The van der Waals surface area contributed by atoms with Crippen molar-refractivity contribution in [3.63, 3.8) is 0 Å². The number of halogens is 4. The first-order valence-corrected chi connectivity index (χ1v) is 12.6. The zero-order valence-corrected chi connectivity index (χ0v) is 21.8. The molecule has 0 aliphatic heterocycles. The molecule has 0 radical (unpaired) electrons. The lowest BCUT2D eigenvalue weighted by Gasteiger charge is -2.26. The maximum atomic E-state index is 14.7. The summed E-state index contributed by atoms with van der Waals surface area (Å²) in [5.74, 6) is 0.0128. The summed E-state index contributed by atoms with van der Waals surface area (Å²) in [5, 5.41) is 14.9. The molecule has 0 aliphatic rings. The van der Waals surface area contributed by atoms with Crippen LogP contribution in [0, 0.1) is 12.7 Å². The van der Waals surface area contributed by atoms with Crippen LogP contribution in [0.5, 0.6) is 11.5 Å². The number of aryl methyl sites for hydroxylation is 1. The van der Waals surface area contributed by atoms with Crippen molar-refractivity contribution in [3.05, 3.63) is 98.9 Å². The van der Waals surface area contributed by atoms with Gasteiger partial charge in [-0.15, -0.1) is 11.6 Å². The highest BCUT2D eigenvalue weighted by Crippen LogP contribution is 2.36. The molecule has 5 nitrogen and oxygen atoms in total. The Kier molecular flexibility index (Phi) is 8.59. The molecule has 9 heteroatoms. The average molecular weight is 579 g/mol. The Balaban J connectivity index is 1.72. The topological polar surface area (TPSA) is 66.4 Å². The van der Waals surface area contributed by atoms with Crippen LogP contribution in [0.3, 0.4) is 0 Å². The van der Waals surface area contributed by atoms with Crippen molar-refractivity contribution in [2.75, 3.05) is 5.88 Å². The van der Waals surface area contributed by atoms with Crippen molar-refractivity contribution < 1.29 is 14.3 Å². The number of aromatic nitrogens is 1. The van der Waals surface area contributed by atoms with Crippen molar-refractivity contribution in [2.45, 2.75) is 25.6 Å². The first kappa shape index (κ1) is 25.8. The molecule has 1 unspecified atom stereocenters. The second kappa shape index (κ2) is 11.6. The molecule has 2 atom stereocenters. The summed E-state index contributed by atoms with van der Waals surface area (Å²) >= 11 is 15.9. The Morgan fingerprint density at radius 1 is 1.11 bits per heavy atom. The lowest BCUT2D eigenvalue weighted by Crippen LogP contribution is -2.42. The molecule has 3 aromatic carbocycles. The molecule has 1 heterocycles. The Labute approximate surface area is 221 Å². The Morgan fingerprint density at radius 2 is 1.91 bits per heavy atom. The summed E-state index contributed by atoms with van der Waals surface area (Å²) in [6.07, 6.45) is 1.23. The lowest BCUT2D eigenvalue weighted by atomic mass is 10.0. The number of hydroxylamine groups is 1. The minimum atomic E-state index is -0.805. The van der Waals surface area contributed by atoms with Gasteiger partial charge in [0, 0.05) is 27.9 Å². The molecule has 0 bridgehead atoms. The van der Waals surface area contributed by atoms with Crippen LogP contribution >= 0.6 is 39.1 Å². The molecule has 1 aromatic heterocycles. The van der Waals surface area contributed by atoms with E-state index in [9.17, 15) is 9.60 Å². The maximum absolute atomic E-state index is 14.7. The molecule has 35 heavy (non-hydrogen) atoms. The van der Waals surface area contributed by atoms with Gasteiger partial charge in [-0.05, 0) is 64.7 Å². The van der Waals surface area contributed by atoms with Gasteiger partial charge < -0.3 is 9.94 Å². The first-order chi connectivity index (χ1) is 16.9. The number of hydrogen-bond donors (Lipinski definition) is 3. The van der Waals surface area contributed by atoms with Crippen LogP contribution in [-0.2, 0) is 6.42 Å². The van der Waals surface area contributed by atoms with Gasteiger partial charge in [-0.2, -0.15) is 5.48 Å². The number of pyridine rings is 1. The quantitative estimate of drug-likeness (QED) is 0.110. The van der Waals surface area contributed by atoms with E-state index < -0.39 is 12.0 Å². The van der Waals surface area contributed by atoms with Crippen LogP contribution in [0.4, 0.5) is 4.39 Å². The van der Waals surface area contributed by atoms with Gasteiger partial charge >= 0.3 is 0 Å². The smallest absolute Gasteiger partial charge is 0.179 e. The molecule has 0 amide bonds. The van der Waals surface area contributed by atoms with E-state index in [1.165, 1.54) is 12.3 Å². The molecule has 182 valence electrons. The number of fused-ring (bicyclic) bond motifs is 1. The van der Waals surface area contributed by atoms with E-state index in [1.54, 1.807) is 12.1 Å². The highest BCUT2D eigenvalue weighted by atomic mass is 79.9. The lowest BCUT2D eigenvalue weighted by molar-refractivity contribution is 0.104. The summed E-state index contributed by atoms with van der Waals surface area (Å²) in [4.78, 5) is 4.45. The van der Waals surface area contributed by atoms with Crippen LogP contribution in [0.2, 0.25) is 5.02 Å². The van der Waals surface area contributed by atoms with Crippen LogP contribution in [0.15, 0.2) is 71.3 Å². The Hall–Kier alpha value is -2.26. The molecule has 0 spiro atoms. The number of alkyl halides is 1. The van der Waals surface area contributed by atoms with Gasteiger partial charge in [0.05, 0.1) is 16.2 Å². The van der Waals surface area contributed by atoms with Crippen LogP contribution in [0.25, 0.3) is 10.9 Å². The summed E-state index contributed by atoms with van der Waals surface area (Å²) in [6, 6.07) is 17.8. The van der Waals surface area contributed by atoms with E-state index in [-0.39, 0.29) is 27.9 Å². The van der Waals surface area contributed by atoms with Crippen LogP contribution < -0.4 is 15.5 Å². The summed E-state index contributed by atoms with van der Waals surface area (Å²) in [6.45, 7) is 1.98. The molecule has 0 saturated heterocycles. The zero-order chi connectivity index (χ0) is 24.9. The van der Waals surface area contributed by atoms with Crippen LogP contribution in [0.1, 0.15) is 22.9 Å². The largest absolute Gasteiger partial charge is 0.452 e. The number of nitrogens with zero attached hydrogens (tertiary/aromatic N) is 1. The Bertz CT molecular complexity index is 1340. The third-order valence-corrected chi connectivity index (χ3v) is 6.93. The molecule has 0 aliphatic carbocycles. The summed E-state index contributed by atoms with van der Waals surface area (Å²) in [7, 11) is 0.